The molecule has 3 saturated carbocycles. The quantitative estimate of drug-likeness (QED) is 0.793. The van der Waals surface area contributed by atoms with Crippen molar-refractivity contribution >= 4 is 11.8 Å². The van der Waals surface area contributed by atoms with Crippen LogP contribution in [0.2, 0.25) is 0 Å². The van der Waals surface area contributed by atoms with Crippen molar-refractivity contribution in [3.63, 3.8) is 0 Å². The Labute approximate surface area is 138 Å². The van der Waals surface area contributed by atoms with Crippen LogP contribution in [0.4, 0.5) is 0 Å². The molecule has 4 aliphatic carbocycles. The van der Waals surface area contributed by atoms with E-state index in [0.717, 1.165) is 31.1 Å². The molecule has 0 aliphatic heterocycles. The Bertz CT molecular complexity index is 604. The number of ketones is 1. The summed E-state index contributed by atoms with van der Waals surface area (Å²) in [6.07, 6.45) is 10.1. The van der Waals surface area contributed by atoms with E-state index < -0.39 is 16.8 Å². The van der Waals surface area contributed by atoms with E-state index in [-0.39, 0.29) is 11.7 Å². The molecule has 1 N–H and O–H groups in total. The fourth-order valence-corrected chi connectivity index (χ4v) is 7.29. The highest BCUT2D eigenvalue weighted by atomic mass is 16.4. The van der Waals surface area contributed by atoms with E-state index in [1.54, 1.807) is 12.2 Å². The summed E-state index contributed by atoms with van der Waals surface area (Å²) >= 11 is 0. The lowest BCUT2D eigenvalue weighted by Gasteiger charge is -2.60. The summed E-state index contributed by atoms with van der Waals surface area (Å²) < 4.78 is 0. The first-order valence-electron chi connectivity index (χ1n) is 9.21. The Morgan fingerprint density at radius 1 is 1.17 bits per heavy atom. The van der Waals surface area contributed by atoms with Crippen LogP contribution in [-0.2, 0) is 9.59 Å². The summed E-state index contributed by atoms with van der Waals surface area (Å²) in [7, 11) is 0. The van der Waals surface area contributed by atoms with Crippen LogP contribution in [0.5, 0.6) is 0 Å². The molecule has 0 heterocycles. The topological polar surface area (TPSA) is 54.4 Å². The van der Waals surface area contributed by atoms with Gasteiger partial charge in [0.15, 0.2) is 5.78 Å². The molecule has 0 saturated heterocycles. The Balaban J connectivity index is 1.82. The lowest BCUT2D eigenvalue weighted by atomic mass is 9.42. The predicted octanol–water partition coefficient (Wildman–Crippen LogP) is 4.08. The molecule has 4 rings (SSSR count). The van der Waals surface area contributed by atoms with Gasteiger partial charge >= 0.3 is 5.97 Å². The normalized spacial score (nSPS) is 54.5. The average Bonchev–Trinajstić information content (AvgIpc) is 2.73. The van der Waals surface area contributed by atoms with Crippen molar-refractivity contribution in [2.45, 2.75) is 59.3 Å². The van der Waals surface area contributed by atoms with Crippen molar-refractivity contribution in [2.75, 3.05) is 0 Å². The first-order chi connectivity index (χ1) is 10.7. The van der Waals surface area contributed by atoms with E-state index in [1.807, 2.05) is 6.92 Å². The van der Waals surface area contributed by atoms with E-state index in [9.17, 15) is 14.7 Å². The molecule has 3 nitrogen and oxygen atoms in total. The van der Waals surface area contributed by atoms with E-state index in [0.29, 0.717) is 11.3 Å². The number of rotatable bonds is 1. The largest absolute Gasteiger partial charge is 0.481 e. The zero-order chi connectivity index (χ0) is 16.6. The van der Waals surface area contributed by atoms with Gasteiger partial charge in [-0.3, -0.25) is 9.59 Å². The molecule has 0 aromatic carbocycles. The van der Waals surface area contributed by atoms with Gasteiger partial charge in [-0.1, -0.05) is 19.9 Å². The lowest BCUT2D eigenvalue weighted by Crippen LogP contribution is -2.60. The van der Waals surface area contributed by atoms with Crippen molar-refractivity contribution in [1.29, 1.82) is 0 Å². The highest BCUT2D eigenvalue weighted by molar-refractivity contribution is 5.98. The molecule has 1 unspecified atom stereocenters. The van der Waals surface area contributed by atoms with Gasteiger partial charge in [0.1, 0.15) is 0 Å². The number of carbonyl (C=O) groups excluding carboxylic acids is 1. The number of hydrogen-bond acceptors (Lipinski definition) is 2. The van der Waals surface area contributed by atoms with Crippen LogP contribution < -0.4 is 0 Å². The summed E-state index contributed by atoms with van der Waals surface area (Å²) in [4.78, 5) is 25.0. The molecule has 0 aromatic heterocycles. The van der Waals surface area contributed by atoms with Gasteiger partial charge in [-0.15, -0.1) is 0 Å². The summed E-state index contributed by atoms with van der Waals surface area (Å²) in [5.74, 6) is 1.30. The molecular weight excluding hydrogens is 288 g/mol. The molecule has 1 spiro atoms. The van der Waals surface area contributed by atoms with Crippen molar-refractivity contribution < 1.29 is 14.7 Å². The predicted molar refractivity (Wildman–Crippen MR) is 87.8 cm³/mol. The van der Waals surface area contributed by atoms with Crippen LogP contribution in [0.1, 0.15) is 59.3 Å². The second-order valence-corrected chi connectivity index (χ2v) is 9.30. The minimum absolute atomic E-state index is 0.0620. The number of hydrogen-bond donors (Lipinski definition) is 1. The van der Waals surface area contributed by atoms with Gasteiger partial charge in [0, 0.05) is 5.41 Å². The molecule has 23 heavy (non-hydrogen) atoms. The lowest BCUT2D eigenvalue weighted by molar-refractivity contribution is -0.170. The smallest absolute Gasteiger partial charge is 0.313 e. The minimum Gasteiger partial charge on any atom is -0.481 e. The van der Waals surface area contributed by atoms with E-state index in [1.165, 1.54) is 19.3 Å². The maximum absolute atomic E-state index is 13.0. The van der Waals surface area contributed by atoms with Crippen molar-refractivity contribution in [2.24, 2.45) is 39.9 Å². The van der Waals surface area contributed by atoms with Crippen LogP contribution in [0.3, 0.4) is 0 Å². The van der Waals surface area contributed by atoms with Crippen molar-refractivity contribution in [1.82, 2.24) is 0 Å². The van der Waals surface area contributed by atoms with E-state index in [2.05, 4.69) is 13.8 Å². The SMILES string of the molecule is C[C@@H]1C[C@]23CC[C@H]4C(C)(C(=O)O)C=CC(=O)[C@]4(C)[C@H]2CC[C@@H]1C3. The van der Waals surface area contributed by atoms with Crippen molar-refractivity contribution in [3.8, 4) is 0 Å². The molecule has 3 heteroatoms. The Morgan fingerprint density at radius 2 is 1.91 bits per heavy atom. The first-order valence-corrected chi connectivity index (χ1v) is 9.21. The van der Waals surface area contributed by atoms with Gasteiger partial charge in [-0.2, -0.15) is 0 Å². The summed E-state index contributed by atoms with van der Waals surface area (Å²) in [5.41, 5.74) is -1.09. The van der Waals surface area contributed by atoms with Crippen LogP contribution in [0.15, 0.2) is 12.2 Å². The first kappa shape index (κ1) is 15.4. The summed E-state index contributed by atoms with van der Waals surface area (Å²) in [6, 6.07) is 0. The van der Waals surface area contributed by atoms with Crippen LogP contribution in [0, 0.1) is 39.9 Å². The molecule has 0 aromatic rings. The molecule has 126 valence electrons. The highest BCUT2D eigenvalue weighted by Gasteiger charge is 2.67. The average molecular weight is 316 g/mol. The maximum atomic E-state index is 13.0. The molecule has 4 aliphatic rings. The molecule has 2 bridgehead atoms. The van der Waals surface area contributed by atoms with Gasteiger partial charge in [0.25, 0.3) is 0 Å². The second-order valence-electron chi connectivity index (χ2n) is 9.30. The molecule has 0 radical (unpaired) electrons. The van der Waals surface area contributed by atoms with Gasteiger partial charge in [0.2, 0.25) is 0 Å². The number of carboxylic acid groups (broad SMARTS) is 1. The molecule has 3 fully saturated rings. The molecule has 0 amide bonds. The number of carboxylic acids is 1. The fraction of sp³-hybridized carbons (Fsp3) is 0.800. The van der Waals surface area contributed by atoms with Crippen LogP contribution in [0.25, 0.3) is 0 Å². The number of aliphatic carboxylic acids is 1. The van der Waals surface area contributed by atoms with Crippen molar-refractivity contribution in [3.05, 3.63) is 12.2 Å². The molecular formula is C20H28O3. The number of carbonyl (C=O) groups is 2. The standard InChI is InChI=1S/C20H28O3/c1-12-10-20-9-6-14-18(2,17(22)23)8-7-16(21)19(14,3)15(20)5-4-13(12)11-20/h7-8,12-15H,4-6,9-11H2,1-3H3,(H,22,23)/t12-,13-,14+,15-,18?,19+,20+/m1/s1. The van der Waals surface area contributed by atoms with Crippen LogP contribution >= 0.6 is 0 Å². The van der Waals surface area contributed by atoms with Gasteiger partial charge < -0.3 is 5.11 Å². The van der Waals surface area contributed by atoms with Gasteiger partial charge in [0.05, 0.1) is 5.41 Å². The highest BCUT2D eigenvalue weighted by Crippen LogP contribution is 2.70. The summed E-state index contributed by atoms with van der Waals surface area (Å²) in [5, 5.41) is 9.84. The maximum Gasteiger partial charge on any atom is 0.313 e. The number of fused-ring (bicyclic) bond motifs is 3. The minimum atomic E-state index is -0.897. The second kappa shape index (κ2) is 4.49. The third kappa shape index (κ3) is 1.71. The molecule has 7 atom stereocenters. The number of allylic oxidation sites excluding steroid dienone is 1. The third-order valence-corrected chi connectivity index (χ3v) is 8.44. The zero-order valence-electron chi connectivity index (χ0n) is 14.5. The van der Waals surface area contributed by atoms with E-state index in [4.69, 9.17) is 0 Å². The zero-order valence-corrected chi connectivity index (χ0v) is 14.5. The monoisotopic (exact) mass is 316 g/mol. The van der Waals surface area contributed by atoms with E-state index >= 15 is 0 Å². The third-order valence-electron chi connectivity index (χ3n) is 8.44. The Kier molecular flexibility index (Phi) is 3.01. The Hall–Kier alpha value is -1.12. The van der Waals surface area contributed by atoms with Gasteiger partial charge in [-0.25, -0.2) is 0 Å². The van der Waals surface area contributed by atoms with Crippen LogP contribution in [-0.4, -0.2) is 16.9 Å². The fourth-order valence-electron chi connectivity index (χ4n) is 7.29. The Morgan fingerprint density at radius 3 is 2.61 bits per heavy atom. The van der Waals surface area contributed by atoms with Gasteiger partial charge in [-0.05, 0) is 80.6 Å². The summed E-state index contributed by atoms with van der Waals surface area (Å²) in [6.45, 7) is 6.29.